The smallest absolute Gasteiger partial charge is 0.242 e. The van der Waals surface area contributed by atoms with Gasteiger partial charge in [0, 0.05) is 32.2 Å². The van der Waals surface area contributed by atoms with Gasteiger partial charge >= 0.3 is 0 Å². The average Bonchev–Trinajstić information content (AvgIpc) is 2.79. The molecular formula is C19H22FN3O. The van der Waals surface area contributed by atoms with Crippen LogP contribution in [0.2, 0.25) is 0 Å². The van der Waals surface area contributed by atoms with E-state index in [0.29, 0.717) is 12.1 Å². The summed E-state index contributed by atoms with van der Waals surface area (Å²) in [4.78, 5) is 16.3. The number of likely N-dealkylation sites (N-methyl/N-ethyl adjacent to an activating group) is 1. The molecule has 0 fully saturated rings. The Bertz CT molecular complexity index is 719. The van der Waals surface area contributed by atoms with Gasteiger partial charge in [-0.3, -0.25) is 4.79 Å². The first-order valence-corrected chi connectivity index (χ1v) is 8.20. The van der Waals surface area contributed by atoms with Gasteiger partial charge < -0.3 is 15.1 Å². The molecule has 2 aromatic rings. The van der Waals surface area contributed by atoms with Gasteiger partial charge in [0.15, 0.2) is 0 Å². The quantitative estimate of drug-likeness (QED) is 0.937. The lowest BCUT2D eigenvalue weighted by atomic mass is 10.2. The average molecular weight is 327 g/mol. The molecule has 0 saturated carbocycles. The number of rotatable bonds is 4. The molecule has 0 aliphatic carbocycles. The number of carbonyl (C=O) groups excluding carboxylic acids is 1. The second-order valence-electron chi connectivity index (χ2n) is 6.06. The van der Waals surface area contributed by atoms with Crippen LogP contribution >= 0.6 is 0 Å². The minimum absolute atomic E-state index is 0.0186. The highest BCUT2D eigenvalue weighted by Gasteiger charge is 2.19. The monoisotopic (exact) mass is 327 g/mol. The van der Waals surface area contributed by atoms with E-state index in [1.807, 2.05) is 24.3 Å². The number of nitrogens with one attached hydrogen (secondary N) is 1. The van der Waals surface area contributed by atoms with E-state index < -0.39 is 0 Å². The van der Waals surface area contributed by atoms with Gasteiger partial charge in [0.05, 0.1) is 17.9 Å². The molecule has 5 heteroatoms. The summed E-state index contributed by atoms with van der Waals surface area (Å²) in [6.45, 7) is 2.29. The predicted octanol–water partition coefficient (Wildman–Crippen LogP) is 3.11. The summed E-state index contributed by atoms with van der Waals surface area (Å²) in [6.07, 6.45) is 0.971. The molecule has 0 atom stereocenters. The Labute approximate surface area is 141 Å². The Hall–Kier alpha value is -2.56. The van der Waals surface area contributed by atoms with Gasteiger partial charge in [-0.15, -0.1) is 0 Å². The van der Waals surface area contributed by atoms with Gasteiger partial charge in [-0.2, -0.15) is 0 Å². The Morgan fingerprint density at radius 1 is 1.21 bits per heavy atom. The van der Waals surface area contributed by atoms with Crippen LogP contribution in [0.5, 0.6) is 0 Å². The number of nitrogens with zero attached hydrogens (tertiary/aromatic N) is 2. The van der Waals surface area contributed by atoms with E-state index in [0.717, 1.165) is 30.9 Å². The molecule has 2 aromatic carbocycles. The maximum Gasteiger partial charge on any atom is 0.242 e. The van der Waals surface area contributed by atoms with E-state index in [9.17, 15) is 9.18 Å². The summed E-state index contributed by atoms with van der Waals surface area (Å²) in [7, 11) is 1.72. The second kappa shape index (κ2) is 7.34. The summed E-state index contributed by atoms with van der Waals surface area (Å²) in [5.74, 6) is -0.295. The van der Waals surface area contributed by atoms with Crippen molar-refractivity contribution in [2.75, 3.05) is 36.9 Å². The zero-order valence-corrected chi connectivity index (χ0v) is 13.8. The predicted molar refractivity (Wildman–Crippen MR) is 94.6 cm³/mol. The number of fused-ring (bicyclic) bond motifs is 1. The number of benzene rings is 2. The van der Waals surface area contributed by atoms with Crippen LogP contribution in [-0.2, 0) is 11.3 Å². The number of amides is 1. The van der Waals surface area contributed by atoms with Gasteiger partial charge in [0.25, 0.3) is 0 Å². The molecule has 24 heavy (non-hydrogen) atoms. The number of hydrogen-bond donors (Lipinski definition) is 1. The lowest BCUT2D eigenvalue weighted by molar-refractivity contribution is -0.129. The molecule has 0 unspecified atom stereocenters. The molecule has 126 valence electrons. The van der Waals surface area contributed by atoms with Crippen LogP contribution in [0, 0.1) is 5.82 Å². The van der Waals surface area contributed by atoms with Gasteiger partial charge in [-0.05, 0) is 24.6 Å². The number of hydrogen-bond acceptors (Lipinski definition) is 3. The van der Waals surface area contributed by atoms with Crippen molar-refractivity contribution in [3.63, 3.8) is 0 Å². The molecule has 3 rings (SSSR count). The van der Waals surface area contributed by atoms with Crippen LogP contribution in [0.15, 0.2) is 48.5 Å². The zero-order chi connectivity index (χ0) is 16.9. The van der Waals surface area contributed by atoms with Crippen LogP contribution < -0.4 is 10.2 Å². The maximum absolute atomic E-state index is 13.8. The molecule has 0 spiro atoms. The van der Waals surface area contributed by atoms with Crippen LogP contribution in [0.3, 0.4) is 0 Å². The molecule has 1 aliphatic heterocycles. The molecule has 1 N–H and O–H groups in total. The van der Waals surface area contributed by atoms with Crippen molar-refractivity contribution in [3.05, 3.63) is 59.9 Å². The Morgan fingerprint density at radius 3 is 2.79 bits per heavy atom. The third kappa shape index (κ3) is 3.67. The zero-order valence-electron chi connectivity index (χ0n) is 13.8. The van der Waals surface area contributed by atoms with Crippen LogP contribution in [0.4, 0.5) is 15.8 Å². The topological polar surface area (TPSA) is 35.6 Å². The number of anilines is 2. The number of carbonyl (C=O) groups is 1. The first-order valence-electron chi connectivity index (χ1n) is 8.20. The van der Waals surface area contributed by atoms with Crippen molar-refractivity contribution in [1.82, 2.24) is 4.90 Å². The van der Waals surface area contributed by atoms with Crippen LogP contribution in [0.25, 0.3) is 0 Å². The second-order valence-corrected chi connectivity index (χ2v) is 6.06. The molecule has 4 nitrogen and oxygen atoms in total. The lowest BCUT2D eigenvalue weighted by Gasteiger charge is -2.26. The van der Waals surface area contributed by atoms with Gasteiger partial charge in [-0.25, -0.2) is 4.39 Å². The first kappa shape index (κ1) is 16.3. The lowest BCUT2D eigenvalue weighted by Crippen LogP contribution is -2.38. The van der Waals surface area contributed by atoms with Crippen LogP contribution in [-0.4, -0.2) is 37.5 Å². The fourth-order valence-corrected chi connectivity index (χ4v) is 2.93. The molecule has 0 radical (unpaired) electrons. The summed E-state index contributed by atoms with van der Waals surface area (Å²) >= 11 is 0. The Morgan fingerprint density at radius 2 is 1.96 bits per heavy atom. The number of halogens is 1. The van der Waals surface area contributed by atoms with E-state index in [4.69, 9.17) is 0 Å². The van der Waals surface area contributed by atoms with Crippen LogP contribution in [0.1, 0.15) is 12.0 Å². The minimum atomic E-state index is -0.276. The van der Waals surface area contributed by atoms with E-state index in [1.165, 1.54) is 6.07 Å². The highest BCUT2D eigenvalue weighted by atomic mass is 19.1. The van der Waals surface area contributed by atoms with Crippen molar-refractivity contribution in [3.8, 4) is 0 Å². The summed E-state index contributed by atoms with van der Waals surface area (Å²) < 4.78 is 13.8. The largest absolute Gasteiger partial charge is 0.383 e. The van der Waals surface area contributed by atoms with Crippen molar-refractivity contribution in [2.24, 2.45) is 0 Å². The van der Waals surface area contributed by atoms with E-state index >= 15 is 0 Å². The summed E-state index contributed by atoms with van der Waals surface area (Å²) in [5.41, 5.74) is 2.63. The molecule has 0 aromatic heterocycles. The molecule has 0 bridgehead atoms. The third-order valence-corrected chi connectivity index (χ3v) is 4.28. The van der Waals surface area contributed by atoms with E-state index in [2.05, 4.69) is 10.2 Å². The molecule has 1 aliphatic rings. The fraction of sp³-hybridized carbons (Fsp3) is 0.316. The number of para-hydroxylation sites is 2. The molecule has 1 amide bonds. The highest BCUT2D eigenvalue weighted by Crippen LogP contribution is 2.27. The highest BCUT2D eigenvalue weighted by molar-refractivity contribution is 5.83. The third-order valence-electron chi connectivity index (χ3n) is 4.28. The van der Waals surface area contributed by atoms with Gasteiger partial charge in [0.1, 0.15) is 5.82 Å². The van der Waals surface area contributed by atoms with Crippen molar-refractivity contribution < 1.29 is 9.18 Å². The first-order chi connectivity index (χ1) is 11.6. The Balaban J connectivity index is 1.69. The molecular weight excluding hydrogens is 305 g/mol. The Kier molecular flexibility index (Phi) is 4.99. The minimum Gasteiger partial charge on any atom is -0.383 e. The van der Waals surface area contributed by atoms with E-state index in [-0.39, 0.29) is 18.3 Å². The van der Waals surface area contributed by atoms with Crippen molar-refractivity contribution >= 4 is 17.3 Å². The fourth-order valence-electron chi connectivity index (χ4n) is 2.93. The standard InChI is InChI=1S/C19H22FN3O/c1-22(13-15-7-2-3-8-16(15)20)19(24)14-23-12-6-11-21-17-9-4-5-10-18(17)23/h2-5,7-10,21H,6,11-14H2,1H3. The maximum atomic E-state index is 13.8. The molecule has 0 saturated heterocycles. The normalized spacial score (nSPS) is 13.7. The van der Waals surface area contributed by atoms with Crippen molar-refractivity contribution in [2.45, 2.75) is 13.0 Å². The molecule has 1 heterocycles. The van der Waals surface area contributed by atoms with Crippen molar-refractivity contribution in [1.29, 1.82) is 0 Å². The SMILES string of the molecule is CN(Cc1ccccc1F)C(=O)CN1CCCNc2ccccc21. The van der Waals surface area contributed by atoms with Gasteiger partial charge in [0.2, 0.25) is 5.91 Å². The van der Waals surface area contributed by atoms with Gasteiger partial charge in [-0.1, -0.05) is 30.3 Å². The summed E-state index contributed by atoms with van der Waals surface area (Å²) in [6, 6.07) is 14.6. The summed E-state index contributed by atoms with van der Waals surface area (Å²) in [5, 5.41) is 3.39. The van der Waals surface area contributed by atoms with E-state index in [1.54, 1.807) is 30.1 Å².